The molecule has 0 spiro atoms. The topological polar surface area (TPSA) is 59.2 Å². The zero-order valence-corrected chi connectivity index (χ0v) is 12.9. The number of aryl methyl sites for hydroxylation is 2. The molecule has 1 aliphatic heterocycles. The molecule has 1 atom stereocenters. The fourth-order valence-corrected chi connectivity index (χ4v) is 2.93. The van der Waals surface area contributed by atoms with Crippen LogP contribution < -0.4 is 0 Å². The molecule has 0 saturated carbocycles. The summed E-state index contributed by atoms with van der Waals surface area (Å²) in [6.07, 6.45) is 3.34. The van der Waals surface area contributed by atoms with E-state index in [1.807, 2.05) is 17.9 Å². The Hall–Kier alpha value is -2.17. The number of likely N-dealkylation sites (tertiary alicyclic amines) is 1. The summed E-state index contributed by atoms with van der Waals surface area (Å²) in [5.41, 5.74) is 1.32. The Morgan fingerprint density at radius 2 is 2.14 bits per heavy atom. The van der Waals surface area contributed by atoms with Gasteiger partial charge in [0.05, 0.1) is 5.92 Å². The Morgan fingerprint density at radius 3 is 2.86 bits per heavy atom. The predicted molar refractivity (Wildman–Crippen MR) is 82.4 cm³/mol. The zero-order chi connectivity index (χ0) is 15.4. The molecule has 2 aromatic rings. The molecule has 116 valence electrons. The van der Waals surface area contributed by atoms with E-state index in [2.05, 4.69) is 34.4 Å². The molecule has 0 N–H and O–H groups in total. The fourth-order valence-electron chi connectivity index (χ4n) is 2.93. The molecule has 3 rings (SSSR count). The van der Waals surface area contributed by atoms with Crippen LogP contribution in [-0.4, -0.2) is 34.0 Å². The van der Waals surface area contributed by atoms with Gasteiger partial charge in [-0.15, -0.1) is 0 Å². The van der Waals surface area contributed by atoms with Gasteiger partial charge in [-0.2, -0.15) is 4.98 Å². The number of hydrogen-bond donors (Lipinski definition) is 0. The van der Waals surface area contributed by atoms with E-state index in [4.69, 9.17) is 4.52 Å². The largest absolute Gasteiger partial charge is 0.342 e. The highest BCUT2D eigenvalue weighted by molar-refractivity contribution is 5.77. The summed E-state index contributed by atoms with van der Waals surface area (Å²) in [4.78, 5) is 18.3. The van der Waals surface area contributed by atoms with Gasteiger partial charge in [0.1, 0.15) is 0 Å². The molecule has 1 aliphatic rings. The second-order valence-electron chi connectivity index (χ2n) is 5.84. The van der Waals surface area contributed by atoms with E-state index >= 15 is 0 Å². The van der Waals surface area contributed by atoms with Crippen molar-refractivity contribution in [1.82, 2.24) is 15.0 Å². The highest BCUT2D eigenvalue weighted by atomic mass is 16.5. The van der Waals surface area contributed by atoms with Crippen LogP contribution in [0.25, 0.3) is 0 Å². The highest BCUT2D eigenvalue weighted by Crippen LogP contribution is 2.26. The summed E-state index contributed by atoms with van der Waals surface area (Å²) in [5, 5.41) is 3.85. The van der Waals surface area contributed by atoms with Crippen molar-refractivity contribution in [3.05, 3.63) is 47.6 Å². The van der Waals surface area contributed by atoms with Gasteiger partial charge in [-0.05, 0) is 31.7 Å². The van der Waals surface area contributed by atoms with Crippen molar-refractivity contribution in [3.8, 4) is 0 Å². The van der Waals surface area contributed by atoms with Gasteiger partial charge in [0, 0.05) is 19.5 Å². The Bertz CT molecular complexity index is 624. The predicted octanol–water partition coefficient (Wildman–Crippen LogP) is 2.72. The Balaban J connectivity index is 1.54. The molecule has 1 aromatic heterocycles. The van der Waals surface area contributed by atoms with E-state index in [1.54, 1.807) is 0 Å². The molecule has 0 aliphatic carbocycles. The van der Waals surface area contributed by atoms with E-state index in [0.29, 0.717) is 24.7 Å². The van der Waals surface area contributed by atoms with Crippen molar-refractivity contribution in [2.75, 3.05) is 13.1 Å². The van der Waals surface area contributed by atoms with Gasteiger partial charge in [-0.25, -0.2) is 0 Å². The van der Waals surface area contributed by atoms with Crippen LogP contribution in [0.15, 0.2) is 34.9 Å². The Labute approximate surface area is 130 Å². The summed E-state index contributed by atoms with van der Waals surface area (Å²) in [7, 11) is 0. The summed E-state index contributed by atoms with van der Waals surface area (Å²) >= 11 is 0. The lowest BCUT2D eigenvalue weighted by molar-refractivity contribution is -0.134. The highest BCUT2D eigenvalue weighted by Gasteiger charge is 2.29. The van der Waals surface area contributed by atoms with Gasteiger partial charge in [0.25, 0.3) is 0 Å². The van der Waals surface area contributed by atoms with E-state index in [9.17, 15) is 4.79 Å². The van der Waals surface area contributed by atoms with Crippen molar-refractivity contribution in [1.29, 1.82) is 0 Å². The smallest absolute Gasteiger partial charge is 0.231 e. The molecule has 1 fully saturated rings. The minimum atomic E-state index is 0.177. The standard InChI is InChI=1S/C17H21N3O2/c1-13-18-17(22-19-13)15-9-10-16(21)20(12-15)11-5-8-14-6-3-2-4-7-14/h2-4,6-7,15H,5,8-12H2,1H3. The number of benzene rings is 1. The molecule has 1 saturated heterocycles. The number of piperidine rings is 1. The van der Waals surface area contributed by atoms with Crippen molar-refractivity contribution in [2.24, 2.45) is 0 Å². The molecule has 22 heavy (non-hydrogen) atoms. The minimum Gasteiger partial charge on any atom is -0.342 e. The molecule has 0 bridgehead atoms. The van der Waals surface area contributed by atoms with E-state index in [1.165, 1.54) is 5.56 Å². The number of carbonyl (C=O) groups is 1. The number of rotatable bonds is 5. The maximum absolute atomic E-state index is 12.1. The third-order valence-corrected chi connectivity index (χ3v) is 4.13. The molecular weight excluding hydrogens is 278 g/mol. The number of nitrogens with zero attached hydrogens (tertiary/aromatic N) is 3. The van der Waals surface area contributed by atoms with Crippen LogP contribution in [0.4, 0.5) is 0 Å². The van der Waals surface area contributed by atoms with Gasteiger partial charge in [-0.1, -0.05) is 35.5 Å². The normalized spacial score (nSPS) is 18.7. The summed E-state index contributed by atoms with van der Waals surface area (Å²) in [6.45, 7) is 3.30. The van der Waals surface area contributed by atoms with Crippen molar-refractivity contribution in [3.63, 3.8) is 0 Å². The minimum absolute atomic E-state index is 0.177. The molecule has 5 heteroatoms. The van der Waals surface area contributed by atoms with E-state index in [-0.39, 0.29) is 11.8 Å². The van der Waals surface area contributed by atoms with Crippen LogP contribution in [0.2, 0.25) is 0 Å². The number of carbonyl (C=O) groups excluding carboxylic acids is 1. The molecular formula is C17H21N3O2. The second-order valence-corrected chi connectivity index (χ2v) is 5.84. The van der Waals surface area contributed by atoms with Crippen molar-refractivity contribution in [2.45, 2.75) is 38.5 Å². The molecule has 1 amide bonds. The number of aromatic nitrogens is 2. The van der Waals surface area contributed by atoms with Crippen LogP contribution in [0.3, 0.4) is 0 Å². The lowest BCUT2D eigenvalue weighted by Gasteiger charge is -2.31. The first-order valence-electron chi connectivity index (χ1n) is 7.84. The van der Waals surface area contributed by atoms with Gasteiger partial charge >= 0.3 is 0 Å². The van der Waals surface area contributed by atoms with Crippen LogP contribution in [0, 0.1) is 6.92 Å². The van der Waals surface area contributed by atoms with Crippen molar-refractivity contribution < 1.29 is 9.32 Å². The Kier molecular flexibility index (Phi) is 4.51. The average molecular weight is 299 g/mol. The maximum atomic E-state index is 12.1. The molecule has 1 unspecified atom stereocenters. The molecule has 1 aromatic carbocycles. The van der Waals surface area contributed by atoms with E-state index < -0.39 is 0 Å². The molecule has 5 nitrogen and oxygen atoms in total. The van der Waals surface area contributed by atoms with Crippen LogP contribution in [-0.2, 0) is 11.2 Å². The van der Waals surface area contributed by atoms with Gasteiger partial charge in [0.2, 0.25) is 11.8 Å². The third-order valence-electron chi connectivity index (χ3n) is 4.13. The lowest BCUT2D eigenvalue weighted by Crippen LogP contribution is -2.39. The second kappa shape index (κ2) is 6.73. The van der Waals surface area contributed by atoms with Crippen LogP contribution in [0.1, 0.15) is 42.5 Å². The number of amides is 1. The van der Waals surface area contributed by atoms with Gasteiger partial charge in [-0.3, -0.25) is 4.79 Å². The first kappa shape index (κ1) is 14.8. The van der Waals surface area contributed by atoms with Gasteiger partial charge in [0.15, 0.2) is 5.82 Å². The summed E-state index contributed by atoms with van der Waals surface area (Å²) in [6, 6.07) is 10.4. The SMILES string of the molecule is Cc1noc(C2CCC(=O)N(CCCc3ccccc3)C2)n1. The quantitative estimate of drug-likeness (QED) is 0.851. The van der Waals surface area contributed by atoms with Crippen molar-refractivity contribution >= 4 is 5.91 Å². The van der Waals surface area contributed by atoms with Crippen LogP contribution >= 0.6 is 0 Å². The number of hydrogen-bond acceptors (Lipinski definition) is 4. The zero-order valence-electron chi connectivity index (χ0n) is 12.9. The first-order valence-corrected chi connectivity index (χ1v) is 7.84. The van der Waals surface area contributed by atoms with Crippen LogP contribution in [0.5, 0.6) is 0 Å². The summed E-state index contributed by atoms with van der Waals surface area (Å²) < 4.78 is 5.26. The maximum Gasteiger partial charge on any atom is 0.231 e. The molecule has 0 radical (unpaired) electrons. The fraction of sp³-hybridized carbons (Fsp3) is 0.471. The lowest BCUT2D eigenvalue weighted by atomic mass is 9.97. The van der Waals surface area contributed by atoms with E-state index in [0.717, 1.165) is 25.8 Å². The first-order chi connectivity index (χ1) is 10.7. The summed E-state index contributed by atoms with van der Waals surface area (Å²) in [5.74, 6) is 1.73. The van der Waals surface area contributed by atoms with Gasteiger partial charge < -0.3 is 9.42 Å². The third kappa shape index (κ3) is 3.53. The average Bonchev–Trinajstić information content (AvgIpc) is 2.97. The Morgan fingerprint density at radius 1 is 1.32 bits per heavy atom. The molecule has 2 heterocycles. The monoisotopic (exact) mass is 299 g/mol.